The fraction of sp³-hybridized carbons (Fsp3) is 0.0435. The van der Waals surface area contributed by atoms with E-state index in [1.54, 1.807) is 0 Å². The van der Waals surface area contributed by atoms with Gasteiger partial charge in [-0.25, -0.2) is 4.98 Å². The summed E-state index contributed by atoms with van der Waals surface area (Å²) in [6.45, 7) is 0. The number of rotatable bonds is 3. The molecule has 0 radical (unpaired) electrons. The van der Waals surface area contributed by atoms with Gasteiger partial charge in [0, 0.05) is 29.8 Å². The van der Waals surface area contributed by atoms with Crippen molar-refractivity contribution in [1.82, 2.24) is 14.5 Å². The largest absolute Gasteiger partial charge is 0.457 e. The van der Waals surface area contributed by atoms with Gasteiger partial charge in [0.05, 0.1) is 16.4 Å². The van der Waals surface area contributed by atoms with Gasteiger partial charge in [-0.2, -0.15) is 4.98 Å². The van der Waals surface area contributed by atoms with Gasteiger partial charge in [0.15, 0.2) is 0 Å². The zero-order valence-corrected chi connectivity index (χ0v) is 15.8. The van der Waals surface area contributed by atoms with Crippen LogP contribution in [0.3, 0.4) is 0 Å². The molecule has 5 aromatic rings. The summed E-state index contributed by atoms with van der Waals surface area (Å²) in [7, 11) is 2.01. The molecule has 0 spiro atoms. The minimum atomic E-state index is 0.157. The van der Waals surface area contributed by atoms with Crippen LogP contribution in [0.4, 0.5) is 11.8 Å². The average Bonchev–Trinajstić information content (AvgIpc) is 3.10. The zero-order valence-electron chi connectivity index (χ0n) is 15.8. The highest BCUT2D eigenvalue weighted by atomic mass is 16.5. The van der Waals surface area contributed by atoms with E-state index in [1.807, 2.05) is 80.0 Å². The Hall–Kier alpha value is -4.06. The van der Waals surface area contributed by atoms with Crippen LogP contribution in [-0.2, 0) is 7.05 Å². The summed E-state index contributed by atoms with van der Waals surface area (Å²) in [5, 5.41) is 1.78. The Morgan fingerprint density at radius 2 is 1.62 bits per heavy atom. The molecule has 0 amide bonds. The molecule has 0 unspecified atom stereocenters. The summed E-state index contributed by atoms with van der Waals surface area (Å²) in [6, 6.07) is 21.7. The minimum absolute atomic E-state index is 0.157. The Morgan fingerprint density at radius 1 is 0.862 bits per heavy atom. The van der Waals surface area contributed by atoms with Gasteiger partial charge in [0.25, 0.3) is 0 Å². The highest BCUT2D eigenvalue weighted by molar-refractivity contribution is 6.15. The number of hydrogen-bond acceptors (Lipinski definition) is 5. The van der Waals surface area contributed by atoms with Gasteiger partial charge in [0.2, 0.25) is 5.95 Å². The number of nitrogen functional groups attached to an aromatic ring is 2. The second-order valence-electron chi connectivity index (χ2n) is 6.89. The first kappa shape index (κ1) is 17.1. The van der Waals surface area contributed by atoms with Gasteiger partial charge >= 0.3 is 0 Å². The third kappa shape index (κ3) is 2.82. The topological polar surface area (TPSA) is 92.0 Å². The van der Waals surface area contributed by atoms with E-state index in [9.17, 15) is 0 Å². The first-order valence-electron chi connectivity index (χ1n) is 9.25. The highest BCUT2D eigenvalue weighted by Crippen LogP contribution is 2.41. The molecule has 4 N–H and O–H groups in total. The van der Waals surface area contributed by atoms with Crippen LogP contribution in [0.2, 0.25) is 0 Å². The maximum Gasteiger partial charge on any atom is 0.222 e. The molecule has 0 aliphatic carbocycles. The number of nitrogens with two attached hydrogens (primary N) is 2. The number of para-hydroxylation sites is 2. The van der Waals surface area contributed by atoms with Crippen LogP contribution < -0.4 is 16.2 Å². The van der Waals surface area contributed by atoms with Crippen molar-refractivity contribution in [2.75, 3.05) is 11.5 Å². The summed E-state index contributed by atoms with van der Waals surface area (Å²) < 4.78 is 8.27. The Kier molecular flexibility index (Phi) is 3.84. The Bertz CT molecular complexity index is 1360. The van der Waals surface area contributed by atoms with Gasteiger partial charge in [-0.3, -0.25) is 0 Å². The Morgan fingerprint density at radius 3 is 2.45 bits per heavy atom. The van der Waals surface area contributed by atoms with E-state index in [2.05, 4.69) is 14.5 Å². The van der Waals surface area contributed by atoms with E-state index in [0.29, 0.717) is 11.3 Å². The third-order valence-electron chi connectivity index (χ3n) is 5.01. The number of ether oxygens (including phenoxy) is 1. The molecular formula is C23H19N5O. The molecule has 0 saturated heterocycles. The van der Waals surface area contributed by atoms with Crippen molar-refractivity contribution in [2.45, 2.75) is 0 Å². The van der Waals surface area contributed by atoms with E-state index in [-0.39, 0.29) is 5.95 Å². The van der Waals surface area contributed by atoms with Crippen molar-refractivity contribution in [3.8, 4) is 22.6 Å². The molecule has 0 atom stereocenters. The molecule has 3 aromatic carbocycles. The first-order valence-corrected chi connectivity index (χ1v) is 9.25. The van der Waals surface area contributed by atoms with E-state index >= 15 is 0 Å². The van der Waals surface area contributed by atoms with Crippen LogP contribution in [-0.4, -0.2) is 14.5 Å². The molecule has 142 valence electrons. The predicted molar refractivity (Wildman–Crippen MR) is 117 cm³/mol. The summed E-state index contributed by atoms with van der Waals surface area (Å²) >= 11 is 0. The van der Waals surface area contributed by atoms with E-state index in [1.165, 1.54) is 0 Å². The summed E-state index contributed by atoms with van der Waals surface area (Å²) in [5.74, 6) is 2.07. The number of aromatic nitrogens is 3. The van der Waals surface area contributed by atoms with Crippen LogP contribution in [0.1, 0.15) is 0 Å². The first-order chi connectivity index (χ1) is 14.1. The van der Waals surface area contributed by atoms with Crippen molar-refractivity contribution in [1.29, 1.82) is 0 Å². The smallest absolute Gasteiger partial charge is 0.222 e. The summed E-state index contributed by atoms with van der Waals surface area (Å²) in [6.07, 6.45) is 2.00. The highest BCUT2D eigenvalue weighted by Gasteiger charge is 2.18. The molecule has 0 fully saturated rings. The summed E-state index contributed by atoms with van der Waals surface area (Å²) in [5.41, 5.74) is 15.7. The Balaban J connectivity index is 1.81. The Labute approximate surface area is 167 Å². The second-order valence-corrected chi connectivity index (χ2v) is 6.89. The number of nitrogens with zero attached hydrogens (tertiary/aromatic N) is 3. The molecule has 6 nitrogen and oxygen atoms in total. The molecule has 2 heterocycles. The lowest BCUT2D eigenvalue weighted by atomic mass is 9.99. The molecule has 0 saturated carbocycles. The second kappa shape index (κ2) is 6.53. The minimum Gasteiger partial charge on any atom is -0.457 e. The van der Waals surface area contributed by atoms with E-state index in [4.69, 9.17) is 16.2 Å². The maximum atomic E-state index is 6.20. The van der Waals surface area contributed by atoms with Crippen molar-refractivity contribution >= 4 is 33.6 Å². The van der Waals surface area contributed by atoms with Gasteiger partial charge < -0.3 is 20.8 Å². The van der Waals surface area contributed by atoms with Gasteiger partial charge in [-0.05, 0) is 30.3 Å². The van der Waals surface area contributed by atoms with Crippen molar-refractivity contribution in [3.05, 3.63) is 72.9 Å². The number of anilines is 2. The molecule has 5 rings (SSSR count). The standard InChI is InChI=1S/C23H19N5O/c1-28-12-11-16-20-18(26-23(25)27-22(20)24)13-17(21(16)28)15-9-5-6-10-19(15)29-14-7-3-2-4-8-14/h2-13H,1H3,(H4,24,25,26,27). The lowest BCUT2D eigenvalue weighted by Crippen LogP contribution is -2.01. The molecule has 29 heavy (non-hydrogen) atoms. The maximum absolute atomic E-state index is 6.20. The fourth-order valence-electron chi connectivity index (χ4n) is 3.77. The number of benzene rings is 3. The summed E-state index contributed by atoms with van der Waals surface area (Å²) in [4.78, 5) is 8.58. The third-order valence-corrected chi connectivity index (χ3v) is 5.01. The number of aryl methyl sites for hydroxylation is 1. The van der Waals surface area contributed by atoms with Crippen LogP contribution >= 0.6 is 0 Å². The normalized spacial score (nSPS) is 11.2. The lowest BCUT2D eigenvalue weighted by Gasteiger charge is -2.15. The monoisotopic (exact) mass is 381 g/mol. The number of hydrogen-bond donors (Lipinski definition) is 2. The number of fused-ring (bicyclic) bond motifs is 3. The zero-order chi connectivity index (χ0) is 20.0. The van der Waals surface area contributed by atoms with E-state index < -0.39 is 0 Å². The SMILES string of the molecule is Cn1ccc2c3c(N)nc(N)nc3cc(-c3ccccc3Oc3ccccc3)c21. The van der Waals surface area contributed by atoms with Crippen LogP contribution in [0.25, 0.3) is 32.9 Å². The molecule has 2 aromatic heterocycles. The molecular weight excluding hydrogens is 362 g/mol. The molecule has 0 aliphatic rings. The van der Waals surface area contributed by atoms with Crippen LogP contribution in [0.5, 0.6) is 11.5 Å². The molecule has 6 heteroatoms. The fourth-order valence-corrected chi connectivity index (χ4v) is 3.77. The van der Waals surface area contributed by atoms with Crippen molar-refractivity contribution < 1.29 is 4.74 Å². The molecule has 0 bridgehead atoms. The van der Waals surface area contributed by atoms with Crippen molar-refractivity contribution in [2.24, 2.45) is 7.05 Å². The lowest BCUT2D eigenvalue weighted by molar-refractivity contribution is 0.484. The average molecular weight is 381 g/mol. The van der Waals surface area contributed by atoms with Crippen LogP contribution in [0.15, 0.2) is 72.9 Å². The predicted octanol–water partition coefficient (Wildman–Crippen LogP) is 4.75. The molecule has 0 aliphatic heterocycles. The van der Waals surface area contributed by atoms with E-state index in [0.717, 1.165) is 38.9 Å². The van der Waals surface area contributed by atoms with Crippen LogP contribution in [0, 0.1) is 0 Å². The van der Waals surface area contributed by atoms with Gasteiger partial charge in [-0.15, -0.1) is 0 Å². The van der Waals surface area contributed by atoms with Gasteiger partial charge in [0.1, 0.15) is 17.3 Å². The van der Waals surface area contributed by atoms with Gasteiger partial charge in [-0.1, -0.05) is 36.4 Å². The van der Waals surface area contributed by atoms with Crippen molar-refractivity contribution in [3.63, 3.8) is 0 Å². The quantitative estimate of drug-likeness (QED) is 0.471.